The second kappa shape index (κ2) is 6.73. The summed E-state index contributed by atoms with van der Waals surface area (Å²) < 4.78 is 2.08. The highest BCUT2D eigenvalue weighted by Gasteiger charge is 2.26. The maximum Gasteiger partial charge on any atom is 0.309 e. The van der Waals surface area contributed by atoms with Gasteiger partial charge in [-0.2, -0.15) is 5.10 Å². The van der Waals surface area contributed by atoms with Crippen LogP contribution in [0.1, 0.15) is 58.3 Å². The molecule has 0 amide bonds. The van der Waals surface area contributed by atoms with E-state index in [1.54, 1.807) is 13.8 Å². The maximum absolute atomic E-state index is 11.0. The highest BCUT2D eigenvalue weighted by atomic mass is 16.4. The van der Waals surface area contributed by atoms with Gasteiger partial charge in [-0.15, -0.1) is 0 Å². The van der Waals surface area contributed by atoms with E-state index in [4.69, 9.17) is 5.11 Å². The molecule has 1 N–H and O–H groups in total. The van der Waals surface area contributed by atoms with E-state index in [9.17, 15) is 4.79 Å². The summed E-state index contributed by atoms with van der Waals surface area (Å²) in [7, 11) is 0. The van der Waals surface area contributed by atoms with Crippen molar-refractivity contribution < 1.29 is 9.90 Å². The van der Waals surface area contributed by atoms with Crippen LogP contribution in [-0.2, 0) is 24.2 Å². The van der Waals surface area contributed by atoms with Crippen LogP contribution in [0, 0.1) is 5.41 Å². The number of carboxylic acid groups (broad SMARTS) is 1. The summed E-state index contributed by atoms with van der Waals surface area (Å²) in [5.41, 5.74) is 1.80. The summed E-state index contributed by atoms with van der Waals surface area (Å²) in [5.74, 6) is -0.714. The minimum absolute atomic E-state index is 0.619. The van der Waals surface area contributed by atoms with Gasteiger partial charge in [-0.25, -0.2) is 0 Å². The highest BCUT2D eigenvalue weighted by molar-refractivity contribution is 5.73. The lowest BCUT2D eigenvalue weighted by atomic mass is 9.87. The topological polar surface area (TPSA) is 55.1 Å². The van der Waals surface area contributed by atoms with Crippen LogP contribution in [0.3, 0.4) is 0 Å². The third kappa shape index (κ3) is 4.37. The number of carbonyl (C=O) groups is 1. The first-order chi connectivity index (χ1) is 8.90. The van der Waals surface area contributed by atoms with E-state index in [0.29, 0.717) is 6.42 Å². The molecule has 0 saturated heterocycles. The summed E-state index contributed by atoms with van der Waals surface area (Å²) in [5, 5.41) is 13.6. The van der Waals surface area contributed by atoms with Crippen molar-refractivity contribution in [1.82, 2.24) is 9.78 Å². The Bertz CT molecular complexity index is 422. The van der Waals surface area contributed by atoms with Crippen LogP contribution in [0.15, 0.2) is 6.07 Å². The molecule has 4 heteroatoms. The third-order valence-corrected chi connectivity index (χ3v) is 3.64. The van der Waals surface area contributed by atoms with Gasteiger partial charge >= 0.3 is 5.97 Å². The molecule has 0 saturated carbocycles. The minimum atomic E-state index is -0.714. The van der Waals surface area contributed by atoms with Crippen molar-refractivity contribution in [1.29, 1.82) is 0 Å². The number of rotatable bonds is 8. The molecule has 0 radical (unpaired) electrons. The van der Waals surface area contributed by atoms with Crippen molar-refractivity contribution in [3.05, 3.63) is 17.5 Å². The number of aliphatic carboxylic acids is 1. The number of hydrogen-bond acceptors (Lipinski definition) is 2. The van der Waals surface area contributed by atoms with Gasteiger partial charge in [-0.3, -0.25) is 9.48 Å². The maximum atomic E-state index is 11.0. The predicted octanol–water partition coefficient (Wildman–Crippen LogP) is 3.29. The molecule has 0 fully saturated rings. The molecule has 0 aliphatic heterocycles. The molecule has 0 aliphatic carbocycles. The Labute approximate surface area is 115 Å². The van der Waals surface area contributed by atoms with Crippen LogP contribution in [0.4, 0.5) is 0 Å². The summed E-state index contributed by atoms with van der Waals surface area (Å²) in [4.78, 5) is 11.0. The zero-order valence-electron chi connectivity index (χ0n) is 12.6. The molecule has 19 heavy (non-hydrogen) atoms. The number of carboxylic acids is 1. The number of aromatic nitrogens is 2. The van der Waals surface area contributed by atoms with Gasteiger partial charge in [0.05, 0.1) is 11.1 Å². The second-order valence-electron chi connectivity index (χ2n) is 5.70. The van der Waals surface area contributed by atoms with Crippen LogP contribution in [-0.4, -0.2) is 20.9 Å². The molecule has 1 aromatic rings. The van der Waals surface area contributed by atoms with Crippen molar-refractivity contribution in [3.8, 4) is 0 Å². The SMILES string of the molecule is CCc1cc(CC)n(CCCCC(C)(C)C(=O)O)n1. The Kier molecular flexibility index (Phi) is 5.58. The molecule has 0 aromatic carbocycles. The van der Waals surface area contributed by atoms with E-state index in [1.807, 2.05) is 0 Å². The summed E-state index contributed by atoms with van der Waals surface area (Å²) in [6.07, 6.45) is 4.57. The normalized spacial score (nSPS) is 11.8. The van der Waals surface area contributed by atoms with E-state index in [1.165, 1.54) is 5.69 Å². The van der Waals surface area contributed by atoms with Gasteiger partial charge in [0, 0.05) is 12.2 Å². The van der Waals surface area contributed by atoms with E-state index in [2.05, 4.69) is 29.7 Å². The fourth-order valence-electron chi connectivity index (χ4n) is 2.10. The Morgan fingerprint density at radius 1 is 1.32 bits per heavy atom. The molecule has 0 atom stereocenters. The lowest BCUT2D eigenvalue weighted by molar-refractivity contribution is -0.147. The zero-order valence-corrected chi connectivity index (χ0v) is 12.6. The molecule has 108 valence electrons. The Morgan fingerprint density at radius 3 is 2.53 bits per heavy atom. The molecular formula is C15H26N2O2. The lowest BCUT2D eigenvalue weighted by Gasteiger charge is -2.18. The number of nitrogens with zero attached hydrogens (tertiary/aromatic N) is 2. The molecule has 0 aliphatic rings. The molecule has 0 spiro atoms. The van der Waals surface area contributed by atoms with Crippen molar-refractivity contribution in [2.45, 2.75) is 66.3 Å². The fourth-order valence-corrected chi connectivity index (χ4v) is 2.10. The Hall–Kier alpha value is -1.32. The zero-order chi connectivity index (χ0) is 14.5. The fraction of sp³-hybridized carbons (Fsp3) is 0.733. The smallest absolute Gasteiger partial charge is 0.309 e. The summed E-state index contributed by atoms with van der Waals surface area (Å²) in [6.45, 7) is 8.71. The van der Waals surface area contributed by atoms with E-state index < -0.39 is 11.4 Å². The van der Waals surface area contributed by atoms with Crippen LogP contribution < -0.4 is 0 Å². The van der Waals surface area contributed by atoms with Gasteiger partial charge in [0.1, 0.15) is 0 Å². The first-order valence-corrected chi connectivity index (χ1v) is 7.19. The standard InChI is InChI=1S/C15H26N2O2/c1-5-12-11-13(6-2)17(16-12)10-8-7-9-15(3,4)14(18)19/h11H,5-10H2,1-4H3,(H,18,19). The number of hydrogen-bond donors (Lipinski definition) is 1. The first kappa shape index (κ1) is 15.7. The highest BCUT2D eigenvalue weighted by Crippen LogP contribution is 2.23. The second-order valence-corrected chi connectivity index (χ2v) is 5.70. The van der Waals surface area contributed by atoms with E-state index >= 15 is 0 Å². The number of unbranched alkanes of at least 4 members (excludes halogenated alkanes) is 1. The van der Waals surface area contributed by atoms with E-state index in [0.717, 1.165) is 37.9 Å². The molecular weight excluding hydrogens is 240 g/mol. The van der Waals surface area contributed by atoms with Gasteiger partial charge in [0.2, 0.25) is 0 Å². The van der Waals surface area contributed by atoms with Crippen LogP contribution >= 0.6 is 0 Å². The van der Waals surface area contributed by atoms with Gasteiger partial charge in [-0.05, 0) is 45.6 Å². The predicted molar refractivity (Wildman–Crippen MR) is 76.3 cm³/mol. The van der Waals surface area contributed by atoms with Crippen molar-refractivity contribution in [3.63, 3.8) is 0 Å². The van der Waals surface area contributed by atoms with Gasteiger partial charge in [-0.1, -0.05) is 20.3 Å². The summed E-state index contributed by atoms with van der Waals surface area (Å²) in [6, 6.07) is 2.17. The monoisotopic (exact) mass is 266 g/mol. The molecule has 0 bridgehead atoms. The molecule has 4 nitrogen and oxygen atoms in total. The lowest BCUT2D eigenvalue weighted by Crippen LogP contribution is -2.23. The van der Waals surface area contributed by atoms with Crippen LogP contribution in [0.2, 0.25) is 0 Å². The quantitative estimate of drug-likeness (QED) is 0.735. The summed E-state index contributed by atoms with van der Waals surface area (Å²) >= 11 is 0. The molecule has 1 rings (SSSR count). The average Bonchev–Trinajstić information content (AvgIpc) is 2.77. The van der Waals surface area contributed by atoms with Gasteiger partial charge < -0.3 is 5.11 Å². The number of aryl methyl sites for hydroxylation is 3. The molecule has 1 aromatic heterocycles. The largest absolute Gasteiger partial charge is 0.481 e. The van der Waals surface area contributed by atoms with E-state index in [-0.39, 0.29) is 0 Å². The van der Waals surface area contributed by atoms with Crippen molar-refractivity contribution in [2.75, 3.05) is 0 Å². The Morgan fingerprint density at radius 2 is 2.00 bits per heavy atom. The van der Waals surface area contributed by atoms with Gasteiger partial charge in [0.25, 0.3) is 0 Å². The first-order valence-electron chi connectivity index (χ1n) is 7.19. The minimum Gasteiger partial charge on any atom is -0.481 e. The molecule has 0 unspecified atom stereocenters. The van der Waals surface area contributed by atoms with Crippen LogP contribution in [0.25, 0.3) is 0 Å². The average molecular weight is 266 g/mol. The van der Waals surface area contributed by atoms with Crippen molar-refractivity contribution >= 4 is 5.97 Å². The third-order valence-electron chi connectivity index (χ3n) is 3.64. The van der Waals surface area contributed by atoms with Crippen molar-refractivity contribution in [2.24, 2.45) is 5.41 Å². The van der Waals surface area contributed by atoms with Crippen LogP contribution in [0.5, 0.6) is 0 Å². The molecule has 1 heterocycles. The van der Waals surface area contributed by atoms with Gasteiger partial charge in [0.15, 0.2) is 0 Å². The Balaban J connectivity index is 2.45.